The van der Waals surface area contributed by atoms with Crippen molar-refractivity contribution in [2.75, 3.05) is 0 Å². The Kier molecular flexibility index (Phi) is 3.52. The highest BCUT2D eigenvalue weighted by Gasteiger charge is 2.10. The summed E-state index contributed by atoms with van der Waals surface area (Å²) in [7, 11) is 0. The van der Waals surface area contributed by atoms with E-state index in [4.69, 9.17) is 5.26 Å². The van der Waals surface area contributed by atoms with E-state index in [-0.39, 0.29) is 12.0 Å². The predicted molar refractivity (Wildman–Crippen MR) is 88.7 cm³/mol. The van der Waals surface area contributed by atoms with Crippen LogP contribution in [0.3, 0.4) is 0 Å². The highest BCUT2D eigenvalue weighted by atomic mass is 16.1. The van der Waals surface area contributed by atoms with Crippen LogP contribution in [0, 0.1) is 25.2 Å². The zero-order valence-corrected chi connectivity index (χ0v) is 12.6. The number of pyridine rings is 1. The van der Waals surface area contributed by atoms with E-state index in [1.165, 1.54) is 0 Å². The van der Waals surface area contributed by atoms with Crippen molar-refractivity contribution in [3.8, 4) is 17.2 Å². The van der Waals surface area contributed by atoms with E-state index in [0.29, 0.717) is 10.9 Å². The lowest BCUT2D eigenvalue weighted by Crippen LogP contribution is -2.12. The fraction of sp³-hybridized carbons (Fsp3) is 0.158. The lowest BCUT2D eigenvalue weighted by molar-refractivity contribution is 0.862. The molecule has 0 atom stereocenters. The number of nitrogens with zero attached hydrogens (tertiary/aromatic N) is 2. The molecule has 3 aromatic rings. The molecule has 0 saturated carbocycles. The molecule has 3 heteroatoms. The molecule has 0 saturated heterocycles. The zero-order valence-electron chi connectivity index (χ0n) is 12.6. The van der Waals surface area contributed by atoms with Gasteiger partial charge in [0.2, 0.25) is 0 Å². The smallest absolute Gasteiger partial charge is 0.197 e. The third-order valence-corrected chi connectivity index (χ3v) is 3.84. The van der Waals surface area contributed by atoms with E-state index in [1.807, 2.05) is 60.9 Å². The van der Waals surface area contributed by atoms with E-state index < -0.39 is 0 Å². The van der Waals surface area contributed by atoms with Crippen LogP contribution in [0.2, 0.25) is 0 Å². The van der Waals surface area contributed by atoms with Crippen LogP contribution in [0.4, 0.5) is 0 Å². The molecule has 0 radical (unpaired) electrons. The summed E-state index contributed by atoms with van der Waals surface area (Å²) in [5.41, 5.74) is 4.55. The van der Waals surface area contributed by atoms with E-state index in [0.717, 1.165) is 22.2 Å². The zero-order chi connectivity index (χ0) is 15.7. The summed E-state index contributed by atoms with van der Waals surface area (Å²) in [5, 5.41) is 9.72. The normalized spacial score (nSPS) is 10.6. The summed E-state index contributed by atoms with van der Waals surface area (Å²) in [6, 6.07) is 15.8. The van der Waals surface area contributed by atoms with Crippen molar-refractivity contribution in [3.05, 3.63) is 70.0 Å². The van der Waals surface area contributed by atoms with Gasteiger partial charge in [-0.3, -0.25) is 4.79 Å². The van der Waals surface area contributed by atoms with Crippen molar-refractivity contribution in [2.24, 2.45) is 0 Å². The van der Waals surface area contributed by atoms with E-state index in [9.17, 15) is 4.79 Å². The Balaban J connectivity index is 2.35. The number of hydrogen-bond donors (Lipinski definition) is 0. The molecule has 0 N–H and O–H groups in total. The van der Waals surface area contributed by atoms with Crippen LogP contribution in [0.15, 0.2) is 53.5 Å². The van der Waals surface area contributed by atoms with Gasteiger partial charge in [0.15, 0.2) is 5.43 Å². The molecule has 0 aliphatic rings. The molecule has 0 fully saturated rings. The lowest BCUT2D eigenvalue weighted by atomic mass is 10.0. The molecule has 108 valence electrons. The molecule has 0 unspecified atom stereocenters. The monoisotopic (exact) mass is 288 g/mol. The summed E-state index contributed by atoms with van der Waals surface area (Å²) in [4.78, 5) is 12.8. The van der Waals surface area contributed by atoms with Gasteiger partial charge in [-0.15, -0.1) is 0 Å². The standard InChI is InChI=1S/C19H16N2O/c1-13-3-6-15(7-4-13)17-12-21(10-9-20)18-11-14(2)5-8-16(18)19(17)22/h3-8,11-12H,10H2,1-2H3. The average molecular weight is 288 g/mol. The van der Waals surface area contributed by atoms with Crippen LogP contribution in [0.1, 0.15) is 11.1 Å². The quantitative estimate of drug-likeness (QED) is 0.720. The Morgan fingerprint density at radius 2 is 1.73 bits per heavy atom. The van der Waals surface area contributed by atoms with Crippen LogP contribution in [-0.2, 0) is 6.54 Å². The lowest BCUT2D eigenvalue weighted by Gasteiger charge is -2.11. The minimum Gasteiger partial charge on any atom is -0.333 e. The number of aryl methyl sites for hydroxylation is 2. The van der Waals surface area contributed by atoms with E-state index in [1.54, 1.807) is 6.20 Å². The minimum absolute atomic E-state index is 0.00745. The van der Waals surface area contributed by atoms with Crippen molar-refractivity contribution in [1.29, 1.82) is 5.26 Å². The van der Waals surface area contributed by atoms with Crippen molar-refractivity contribution in [2.45, 2.75) is 20.4 Å². The number of aromatic nitrogens is 1. The van der Waals surface area contributed by atoms with Gasteiger partial charge in [0.05, 0.1) is 11.6 Å². The minimum atomic E-state index is 0.00745. The second-order valence-corrected chi connectivity index (χ2v) is 5.54. The van der Waals surface area contributed by atoms with E-state index >= 15 is 0 Å². The van der Waals surface area contributed by atoms with Gasteiger partial charge in [-0.05, 0) is 37.1 Å². The number of rotatable bonds is 2. The van der Waals surface area contributed by atoms with E-state index in [2.05, 4.69) is 6.07 Å². The number of benzene rings is 2. The van der Waals surface area contributed by atoms with Gasteiger partial charge in [0.1, 0.15) is 6.54 Å². The molecule has 0 amide bonds. The van der Waals surface area contributed by atoms with Crippen molar-refractivity contribution < 1.29 is 0 Å². The summed E-state index contributed by atoms with van der Waals surface area (Å²) in [6.07, 6.45) is 1.79. The van der Waals surface area contributed by atoms with Gasteiger partial charge in [-0.1, -0.05) is 35.9 Å². The molecule has 3 nitrogen and oxygen atoms in total. The fourth-order valence-corrected chi connectivity index (χ4v) is 2.65. The Hall–Kier alpha value is -2.86. The van der Waals surface area contributed by atoms with Gasteiger partial charge >= 0.3 is 0 Å². The van der Waals surface area contributed by atoms with Gasteiger partial charge in [0, 0.05) is 17.1 Å². The number of hydrogen-bond acceptors (Lipinski definition) is 2. The maximum Gasteiger partial charge on any atom is 0.197 e. The van der Waals surface area contributed by atoms with Gasteiger partial charge in [-0.25, -0.2) is 0 Å². The molecular weight excluding hydrogens is 272 g/mol. The molecule has 1 heterocycles. The molecule has 22 heavy (non-hydrogen) atoms. The molecule has 0 bridgehead atoms. The topological polar surface area (TPSA) is 45.8 Å². The Bertz CT molecular complexity index is 944. The first kappa shape index (κ1) is 14.1. The van der Waals surface area contributed by atoms with Crippen LogP contribution in [-0.4, -0.2) is 4.57 Å². The predicted octanol–water partition coefficient (Wildman–Crippen LogP) is 3.81. The van der Waals surface area contributed by atoms with Crippen molar-refractivity contribution in [1.82, 2.24) is 4.57 Å². The first-order chi connectivity index (χ1) is 10.6. The molecule has 3 rings (SSSR count). The van der Waals surface area contributed by atoms with Crippen molar-refractivity contribution >= 4 is 10.9 Å². The molecule has 2 aromatic carbocycles. The third kappa shape index (κ3) is 2.40. The third-order valence-electron chi connectivity index (χ3n) is 3.84. The van der Waals surface area contributed by atoms with Gasteiger partial charge in [0.25, 0.3) is 0 Å². The summed E-state index contributed by atoms with van der Waals surface area (Å²) < 4.78 is 1.85. The fourth-order valence-electron chi connectivity index (χ4n) is 2.65. The first-order valence-corrected chi connectivity index (χ1v) is 7.18. The summed E-state index contributed by atoms with van der Waals surface area (Å²) in [5.74, 6) is 0. The molecule has 0 aliphatic heterocycles. The van der Waals surface area contributed by atoms with Crippen LogP contribution in [0.5, 0.6) is 0 Å². The second kappa shape index (κ2) is 5.50. The second-order valence-electron chi connectivity index (χ2n) is 5.54. The Labute approximate surface area is 129 Å². The highest BCUT2D eigenvalue weighted by molar-refractivity contribution is 5.84. The average Bonchev–Trinajstić information content (AvgIpc) is 2.51. The summed E-state index contributed by atoms with van der Waals surface area (Å²) >= 11 is 0. The summed E-state index contributed by atoms with van der Waals surface area (Å²) in [6.45, 7) is 4.22. The molecule has 0 aliphatic carbocycles. The number of nitriles is 1. The Morgan fingerprint density at radius 3 is 2.41 bits per heavy atom. The molecule has 0 spiro atoms. The van der Waals surface area contributed by atoms with Crippen LogP contribution >= 0.6 is 0 Å². The molecular formula is C19H16N2O. The SMILES string of the molecule is Cc1ccc(-c2cn(CC#N)c3cc(C)ccc3c2=O)cc1. The maximum atomic E-state index is 12.8. The maximum absolute atomic E-state index is 12.8. The Morgan fingerprint density at radius 1 is 1.05 bits per heavy atom. The van der Waals surface area contributed by atoms with Crippen molar-refractivity contribution in [3.63, 3.8) is 0 Å². The van der Waals surface area contributed by atoms with Crippen LogP contribution in [0.25, 0.3) is 22.0 Å². The highest BCUT2D eigenvalue weighted by Crippen LogP contribution is 2.21. The number of fused-ring (bicyclic) bond motifs is 1. The first-order valence-electron chi connectivity index (χ1n) is 7.18. The van der Waals surface area contributed by atoms with Gasteiger partial charge in [-0.2, -0.15) is 5.26 Å². The largest absolute Gasteiger partial charge is 0.333 e. The van der Waals surface area contributed by atoms with Crippen LogP contribution < -0.4 is 5.43 Å². The van der Waals surface area contributed by atoms with Gasteiger partial charge < -0.3 is 4.57 Å². The molecule has 1 aromatic heterocycles.